The molecule has 0 saturated heterocycles. The second kappa shape index (κ2) is 9.05. The van der Waals surface area contributed by atoms with E-state index >= 15 is 0 Å². The molecule has 1 nitrogen and oxygen atoms in total. The summed E-state index contributed by atoms with van der Waals surface area (Å²) in [6.45, 7) is 5.42. The van der Waals surface area contributed by atoms with Crippen molar-refractivity contribution >= 4 is 0 Å². The van der Waals surface area contributed by atoms with Gasteiger partial charge in [-0.3, -0.25) is 0 Å². The molecule has 0 atom stereocenters. The SMILES string of the molecule is CCCCC1CCC1.CCNC. The van der Waals surface area contributed by atoms with Gasteiger partial charge in [-0.1, -0.05) is 52.4 Å². The average Bonchev–Trinajstić information content (AvgIpc) is 2.03. The summed E-state index contributed by atoms with van der Waals surface area (Å²) in [5.74, 6) is 1.13. The van der Waals surface area contributed by atoms with Crippen molar-refractivity contribution in [1.82, 2.24) is 5.32 Å². The largest absolute Gasteiger partial charge is 0.320 e. The lowest BCUT2D eigenvalue weighted by Gasteiger charge is -2.24. The van der Waals surface area contributed by atoms with Gasteiger partial charge in [-0.2, -0.15) is 0 Å². The van der Waals surface area contributed by atoms with Gasteiger partial charge in [0.1, 0.15) is 0 Å². The molecule has 1 saturated carbocycles. The highest BCUT2D eigenvalue weighted by atomic mass is 14.8. The first kappa shape index (κ1) is 12.0. The van der Waals surface area contributed by atoms with Crippen molar-refractivity contribution in [3.05, 3.63) is 0 Å². The Hall–Kier alpha value is -0.0400. The topological polar surface area (TPSA) is 12.0 Å². The van der Waals surface area contributed by atoms with Gasteiger partial charge in [-0.25, -0.2) is 0 Å². The van der Waals surface area contributed by atoms with Crippen LogP contribution in [0, 0.1) is 5.92 Å². The van der Waals surface area contributed by atoms with Crippen LogP contribution >= 0.6 is 0 Å². The molecule has 0 aromatic heterocycles. The van der Waals surface area contributed by atoms with E-state index in [2.05, 4.69) is 19.2 Å². The van der Waals surface area contributed by atoms with Crippen LogP contribution in [0.4, 0.5) is 0 Å². The van der Waals surface area contributed by atoms with Gasteiger partial charge in [-0.15, -0.1) is 0 Å². The van der Waals surface area contributed by atoms with Crippen molar-refractivity contribution in [3.63, 3.8) is 0 Å². The molecular formula is C11H25N. The van der Waals surface area contributed by atoms with Crippen LogP contribution in [0.3, 0.4) is 0 Å². The quantitative estimate of drug-likeness (QED) is 0.685. The average molecular weight is 171 g/mol. The molecule has 0 aromatic carbocycles. The van der Waals surface area contributed by atoms with E-state index < -0.39 is 0 Å². The summed E-state index contributed by atoms with van der Waals surface area (Å²) < 4.78 is 0. The smallest absolute Gasteiger partial charge is 0.00804 e. The van der Waals surface area contributed by atoms with Gasteiger partial charge < -0.3 is 5.32 Å². The van der Waals surface area contributed by atoms with Gasteiger partial charge in [0.25, 0.3) is 0 Å². The fourth-order valence-corrected chi connectivity index (χ4v) is 1.27. The minimum Gasteiger partial charge on any atom is -0.320 e. The predicted octanol–water partition coefficient (Wildman–Crippen LogP) is 3.20. The third-order valence-electron chi connectivity index (χ3n) is 2.54. The van der Waals surface area contributed by atoms with Crippen LogP contribution < -0.4 is 5.32 Å². The number of hydrogen-bond acceptors (Lipinski definition) is 1. The third kappa shape index (κ3) is 6.66. The zero-order chi connectivity index (χ0) is 9.23. The zero-order valence-electron chi connectivity index (χ0n) is 9.03. The first-order chi connectivity index (χ1) is 5.85. The van der Waals surface area contributed by atoms with Crippen LogP contribution in [0.15, 0.2) is 0 Å². The minimum atomic E-state index is 1.07. The van der Waals surface area contributed by atoms with Gasteiger partial charge in [0.15, 0.2) is 0 Å². The standard InChI is InChI=1S/C8H16.C3H9N/c1-2-3-5-8-6-4-7-8;1-3-4-2/h8H,2-7H2,1H3;4H,3H2,1-2H3. The number of unbranched alkanes of at least 4 members (excludes halogenated alkanes) is 1. The van der Waals surface area contributed by atoms with Gasteiger partial charge >= 0.3 is 0 Å². The molecule has 1 heteroatoms. The highest BCUT2D eigenvalue weighted by molar-refractivity contribution is 4.68. The molecule has 0 spiro atoms. The van der Waals surface area contributed by atoms with Crippen LogP contribution in [0.2, 0.25) is 0 Å². The van der Waals surface area contributed by atoms with E-state index in [4.69, 9.17) is 0 Å². The van der Waals surface area contributed by atoms with Crippen molar-refractivity contribution in [2.45, 2.75) is 52.4 Å². The maximum Gasteiger partial charge on any atom is -0.00804 e. The van der Waals surface area contributed by atoms with Crippen molar-refractivity contribution in [3.8, 4) is 0 Å². The van der Waals surface area contributed by atoms with Crippen LogP contribution in [-0.4, -0.2) is 13.6 Å². The van der Waals surface area contributed by atoms with Crippen LogP contribution in [0.1, 0.15) is 52.4 Å². The van der Waals surface area contributed by atoms with E-state index in [1.165, 1.54) is 38.5 Å². The molecule has 0 bridgehead atoms. The van der Waals surface area contributed by atoms with Crippen molar-refractivity contribution in [2.75, 3.05) is 13.6 Å². The lowest BCUT2D eigenvalue weighted by molar-refractivity contribution is 0.289. The Kier molecular flexibility index (Phi) is 9.02. The number of nitrogens with one attached hydrogen (secondary N) is 1. The second-order valence-corrected chi connectivity index (χ2v) is 3.65. The first-order valence-electron chi connectivity index (χ1n) is 5.49. The molecule has 1 N–H and O–H groups in total. The summed E-state index contributed by atoms with van der Waals surface area (Å²) >= 11 is 0. The maximum absolute atomic E-state index is 2.93. The lowest BCUT2D eigenvalue weighted by atomic mass is 9.82. The van der Waals surface area contributed by atoms with Crippen molar-refractivity contribution in [1.29, 1.82) is 0 Å². The predicted molar refractivity (Wildman–Crippen MR) is 56.5 cm³/mol. The van der Waals surface area contributed by atoms with E-state index in [0.29, 0.717) is 0 Å². The normalized spacial score (nSPS) is 16.2. The molecule has 1 rings (SSSR count). The molecule has 12 heavy (non-hydrogen) atoms. The fourth-order valence-electron chi connectivity index (χ4n) is 1.27. The molecule has 0 aliphatic heterocycles. The summed E-state index contributed by atoms with van der Waals surface area (Å²) in [5, 5.41) is 2.93. The molecule has 1 aliphatic carbocycles. The molecule has 0 amide bonds. The second-order valence-electron chi connectivity index (χ2n) is 3.65. The number of hydrogen-bond donors (Lipinski definition) is 1. The van der Waals surface area contributed by atoms with E-state index in [1.807, 2.05) is 7.05 Å². The van der Waals surface area contributed by atoms with E-state index in [-0.39, 0.29) is 0 Å². The van der Waals surface area contributed by atoms with E-state index in [1.54, 1.807) is 0 Å². The Bertz CT molecular complexity index is 75.1. The third-order valence-corrected chi connectivity index (χ3v) is 2.54. The summed E-state index contributed by atoms with van der Waals surface area (Å²) in [6, 6.07) is 0. The molecule has 1 fully saturated rings. The lowest BCUT2D eigenvalue weighted by Crippen LogP contribution is -2.09. The summed E-state index contributed by atoms with van der Waals surface area (Å²) in [6.07, 6.45) is 8.92. The monoisotopic (exact) mass is 171 g/mol. The molecule has 1 aliphatic rings. The van der Waals surface area contributed by atoms with Gasteiger partial charge in [0, 0.05) is 0 Å². The Morgan fingerprint density at radius 3 is 2.08 bits per heavy atom. The van der Waals surface area contributed by atoms with Gasteiger partial charge in [-0.05, 0) is 19.5 Å². The van der Waals surface area contributed by atoms with Crippen LogP contribution in [0.25, 0.3) is 0 Å². The Labute approximate surface area is 77.9 Å². The van der Waals surface area contributed by atoms with E-state index in [9.17, 15) is 0 Å². The molecule has 74 valence electrons. The van der Waals surface area contributed by atoms with Gasteiger partial charge in [0.05, 0.1) is 0 Å². The van der Waals surface area contributed by atoms with Crippen molar-refractivity contribution < 1.29 is 0 Å². The summed E-state index contributed by atoms with van der Waals surface area (Å²) in [5.41, 5.74) is 0. The molecule has 0 unspecified atom stereocenters. The summed E-state index contributed by atoms with van der Waals surface area (Å²) in [4.78, 5) is 0. The summed E-state index contributed by atoms with van der Waals surface area (Å²) in [7, 11) is 1.93. The van der Waals surface area contributed by atoms with Crippen LogP contribution in [0.5, 0.6) is 0 Å². The minimum absolute atomic E-state index is 1.07. The number of rotatable bonds is 4. The Balaban J connectivity index is 0.000000261. The molecule has 0 heterocycles. The zero-order valence-corrected chi connectivity index (χ0v) is 9.03. The van der Waals surface area contributed by atoms with Crippen LogP contribution in [-0.2, 0) is 0 Å². The Morgan fingerprint density at radius 1 is 1.25 bits per heavy atom. The van der Waals surface area contributed by atoms with Gasteiger partial charge in [0.2, 0.25) is 0 Å². The maximum atomic E-state index is 2.93. The molecular weight excluding hydrogens is 146 g/mol. The molecule has 0 radical (unpaired) electrons. The Morgan fingerprint density at radius 2 is 1.83 bits per heavy atom. The highest BCUT2D eigenvalue weighted by Crippen LogP contribution is 2.30. The highest BCUT2D eigenvalue weighted by Gasteiger charge is 2.15. The first-order valence-corrected chi connectivity index (χ1v) is 5.49. The van der Waals surface area contributed by atoms with E-state index in [0.717, 1.165) is 12.5 Å². The van der Waals surface area contributed by atoms with Crippen molar-refractivity contribution in [2.24, 2.45) is 5.92 Å². The fraction of sp³-hybridized carbons (Fsp3) is 1.00. The molecule has 0 aromatic rings.